The highest BCUT2D eigenvalue weighted by Gasteiger charge is 2.22. The molecular weight excluding hydrogens is 294 g/mol. The molecule has 3 heterocycles. The van der Waals surface area contributed by atoms with Gasteiger partial charge in [-0.1, -0.05) is 0 Å². The van der Waals surface area contributed by atoms with Crippen LogP contribution in [0.25, 0.3) is 0 Å². The summed E-state index contributed by atoms with van der Waals surface area (Å²) in [4.78, 5) is 18.8. The minimum absolute atomic E-state index is 0.0442. The van der Waals surface area contributed by atoms with Crippen molar-refractivity contribution in [3.8, 4) is 0 Å². The summed E-state index contributed by atoms with van der Waals surface area (Å²) in [5.41, 5.74) is 2.38. The monoisotopic (exact) mass is 315 g/mol. The summed E-state index contributed by atoms with van der Waals surface area (Å²) in [6, 6.07) is 5.54. The lowest BCUT2D eigenvalue weighted by Gasteiger charge is -2.17. The number of carbonyl (C=O) groups is 1. The van der Waals surface area contributed by atoms with Gasteiger partial charge in [-0.15, -0.1) is 0 Å². The summed E-state index contributed by atoms with van der Waals surface area (Å²) in [5, 5.41) is 10.3. The normalized spacial score (nSPS) is 14.2. The first kappa shape index (κ1) is 15.5. The molecule has 0 unspecified atom stereocenters. The average molecular weight is 315 g/mol. The SMILES string of the molecule is COCc1cc(CNc2ncccc2C(=O)N2CCCC2)[nH]n1. The molecule has 7 heteroatoms. The van der Waals surface area contributed by atoms with Crippen LogP contribution in [0.3, 0.4) is 0 Å². The highest BCUT2D eigenvalue weighted by molar-refractivity contribution is 5.98. The number of nitrogens with zero attached hydrogens (tertiary/aromatic N) is 3. The second kappa shape index (κ2) is 7.23. The zero-order valence-electron chi connectivity index (χ0n) is 13.2. The van der Waals surface area contributed by atoms with Gasteiger partial charge in [0.2, 0.25) is 0 Å². The quantitative estimate of drug-likeness (QED) is 0.849. The number of likely N-dealkylation sites (tertiary alicyclic amines) is 1. The molecule has 1 saturated heterocycles. The van der Waals surface area contributed by atoms with E-state index in [1.54, 1.807) is 19.4 Å². The minimum Gasteiger partial charge on any atom is -0.378 e. The molecule has 2 aromatic rings. The summed E-state index contributed by atoms with van der Waals surface area (Å²) in [7, 11) is 1.64. The average Bonchev–Trinajstić information content (AvgIpc) is 3.25. The first-order valence-electron chi connectivity index (χ1n) is 7.78. The Labute approximate surface area is 135 Å². The lowest BCUT2D eigenvalue weighted by molar-refractivity contribution is 0.0793. The Morgan fingerprint density at radius 1 is 1.43 bits per heavy atom. The summed E-state index contributed by atoms with van der Waals surface area (Å²) in [6.07, 6.45) is 3.84. The maximum atomic E-state index is 12.6. The van der Waals surface area contributed by atoms with E-state index in [-0.39, 0.29) is 5.91 Å². The van der Waals surface area contributed by atoms with Crippen molar-refractivity contribution in [2.24, 2.45) is 0 Å². The number of hydrogen-bond donors (Lipinski definition) is 2. The Balaban J connectivity index is 1.68. The predicted molar refractivity (Wildman–Crippen MR) is 86.0 cm³/mol. The molecule has 0 saturated carbocycles. The summed E-state index contributed by atoms with van der Waals surface area (Å²) in [5.74, 6) is 0.648. The van der Waals surface area contributed by atoms with Gasteiger partial charge in [-0.05, 0) is 31.0 Å². The summed E-state index contributed by atoms with van der Waals surface area (Å²) >= 11 is 0. The molecule has 0 atom stereocenters. The van der Waals surface area contributed by atoms with Crippen molar-refractivity contribution in [3.05, 3.63) is 41.3 Å². The number of H-pyrrole nitrogens is 1. The van der Waals surface area contributed by atoms with Crippen molar-refractivity contribution < 1.29 is 9.53 Å². The Bertz CT molecular complexity index is 664. The van der Waals surface area contributed by atoms with E-state index in [0.717, 1.165) is 37.3 Å². The van der Waals surface area contributed by atoms with E-state index in [1.807, 2.05) is 17.0 Å². The molecule has 0 radical (unpaired) electrons. The number of ether oxygens (including phenoxy) is 1. The molecule has 1 aliphatic heterocycles. The number of pyridine rings is 1. The largest absolute Gasteiger partial charge is 0.378 e. The number of carbonyl (C=O) groups excluding carboxylic acids is 1. The molecule has 2 N–H and O–H groups in total. The fraction of sp³-hybridized carbons (Fsp3) is 0.438. The zero-order chi connectivity index (χ0) is 16.1. The standard InChI is InChI=1S/C16H21N5O2/c1-23-11-13-9-12(19-20-13)10-18-15-14(5-4-6-17-15)16(22)21-7-2-3-8-21/h4-6,9H,2-3,7-8,10-11H2,1H3,(H,17,18)(H,19,20). The van der Waals surface area contributed by atoms with Gasteiger partial charge in [0.1, 0.15) is 5.82 Å². The molecule has 7 nitrogen and oxygen atoms in total. The second-order valence-electron chi connectivity index (χ2n) is 5.57. The van der Waals surface area contributed by atoms with Gasteiger partial charge < -0.3 is 15.0 Å². The van der Waals surface area contributed by atoms with Gasteiger partial charge in [-0.3, -0.25) is 9.89 Å². The minimum atomic E-state index is 0.0442. The molecule has 2 aromatic heterocycles. The van der Waals surface area contributed by atoms with Crippen LogP contribution in [-0.4, -0.2) is 46.2 Å². The Morgan fingerprint density at radius 2 is 2.26 bits per heavy atom. The maximum absolute atomic E-state index is 12.6. The fourth-order valence-electron chi connectivity index (χ4n) is 2.71. The molecule has 0 aromatic carbocycles. The van der Waals surface area contributed by atoms with Gasteiger partial charge in [0.05, 0.1) is 30.1 Å². The number of aromatic nitrogens is 3. The van der Waals surface area contributed by atoms with Crippen LogP contribution in [0.2, 0.25) is 0 Å². The third-order valence-electron chi connectivity index (χ3n) is 3.85. The first-order valence-corrected chi connectivity index (χ1v) is 7.78. The van der Waals surface area contributed by atoms with Crippen molar-refractivity contribution in [1.82, 2.24) is 20.1 Å². The second-order valence-corrected chi connectivity index (χ2v) is 5.57. The summed E-state index contributed by atoms with van der Waals surface area (Å²) < 4.78 is 5.05. The molecule has 23 heavy (non-hydrogen) atoms. The number of methoxy groups -OCH3 is 1. The molecule has 122 valence electrons. The van der Waals surface area contributed by atoms with E-state index in [9.17, 15) is 4.79 Å². The number of nitrogens with one attached hydrogen (secondary N) is 2. The van der Waals surface area contributed by atoms with Crippen LogP contribution < -0.4 is 5.32 Å². The van der Waals surface area contributed by atoms with Crippen LogP contribution in [0.5, 0.6) is 0 Å². The Hall–Kier alpha value is -2.41. The number of rotatable bonds is 6. The molecule has 0 spiro atoms. The van der Waals surface area contributed by atoms with E-state index in [4.69, 9.17) is 4.74 Å². The highest BCUT2D eigenvalue weighted by atomic mass is 16.5. The van der Waals surface area contributed by atoms with Crippen molar-refractivity contribution in [2.45, 2.75) is 26.0 Å². The molecule has 1 fully saturated rings. The highest BCUT2D eigenvalue weighted by Crippen LogP contribution is 2.18. The molecule has 3 rings (SSSR count). The van der Waals surface area contributed by atoms with Crippen LogP contribution in [0.1, 0.15) is 34.6 Å². The van der Waals surface area contributed by atoms with Gasteiger partial charge in [0, 0.05) is 26.4 Å². The van der Waals surface area contributed by atoms with E-state index >= 15 is 0 Å². The topological polar surface area (TPSA) is 83.1 Å². The van der Waals surface area contributed by atoms with Gasteiger partial charge in [0.15, 0.2) is 0 Å². The van der Waals surface area contributed by atoms with Crippen LogP contribution in [0, 0.1) is 0 Å². The van der Waals surface area contributed by atoms with Crippen molar-refractivity contribution in [1.29, 1.82) is 0 Å². The van der Waals surface area contributed by atoms with Crippen LogP contribution >= 0.6 is 0 Å². The smallest absolute Gasteiger partial charge is 0.257 e. The molecule has 0 aliphatic carbocycles. The molecule has 1 aliphatic rings. The number of hydrogen-bond acceptors (Lipinski definition) is 5. The first-order chi connectivity index (χ1) is 11.3. The van der Waals surface area contributed by atoms with E-state index < -0.39 is 0 Å². The number of amides is 1. The molecule has 0 bridgehead atoms. The van der Waals surface area contributed by atoms with Crippen LogP contribution in [0.15, 0.2) is 24.4 Å². The van der Waals surface area contributed by atoms with E-state index in [2.05, 4.69) is 20.5 Å². The van der Waals surface area contributed by atoms with E-state index in [1.165, 1.54) is 0 Å². The lowest BCUT2D eigenvalue weighted by atomic mass is 10.2. The molecular formula is C16H21N5O2. The summed E-state index contributed by atoms with van der Waals surface area (Å²) in [6.45, 7) is 2.65. The van der Waals surface area contributed by atoms with Gasteiger partial charge in [-0.25, -0.2) is 4.98 Å². The van der Waals surface area contributed by atoms with Crippen LogP contribution in [-0.2, 0) is 17.9 Å². The predicted octanol–water partition coefficient (Wildman–Crippen LogP) is 1.80. The van der Waals surface area contributed by atoms with Crippen molar-refractivity contribution in [2.75, 3.05) is 25.5 Å². The Morgan fingerprint density at radius 3 is 3.04 bits per heavy atom. The van der Waals surface area contributed by atoms with Gasteiger partial charge >= 0.3 is 0 Å². The third-order valence-corrected chi connectivity index (χ3v) is 3.85. The van der Waals surface area contributed by atoms with Crippen molar-refractivity contribution >= 4 is 11.7 Å². The fourth-order valence-corrected chi connectivity index (χ4v) is 2.71. The van der Waals surface area contributed by atoms with Crippen molar-refractivity contribution in [3.63, 3.8) is 0 Å². The number of anilines is 1. The third kappa shape index (κ3) is 3.68. The van der Waals surface area contributed by atoms with E-state index in [0.29, 0.717) is 24.5 Å². The Kier molecular flexibility index (Phi) is 4.87. The maximum Gasteiger partial charge on any atom is 0.257 e. The van der Waals surface area contributed by atoms with Crippen LogP contribution in [0.4, 0.5) is 5.82 Å². The zero-order valence-corrected chi connectivity index (χ0v) is 13.2. The molecule has 1 amide bonds. The number of aromatic amines is 1. The van der Waals surface area contributed by atoms with Gasteiger partial charge in [-0.2, -0.15) is 5.10 Å². The van der Waals surface area contributed by atoms with Gasteiger partial charge in [0.25, 0.3) is 5.91 Å². The lowest BCUT2D eigenvalue weighted by Crippen LogP contribution is -2.28.